The monoisotopic (exact) mass is 247 g/mol. The van der Waals surface area contributed by atoms with Gasteiger partial charge in [-0.05, 0) is 19.8 Å². The fourth-order valence-electron chi connectivity index (χ4n) is 2.16. The van der Waals surface area contributed by atoms with Gasteiger partial charge in [-0.2, -0.15) is 9.50 Å². The van der Waals surface area contributed by atoms with E-state index < -0.39 is 0 Å². The fourth-order valence-corrected chi connectivity index (χ4v) is 2.16. The minimum Gasteiger partial charge on any atom is -0.336 e. The molecule has 3 rings (SSSR count). The van der Waals surface area contributed by atoms with Crippen molar-refractivity contribution in [2.75, 3.05) is 13.1 Å². The molecule has 0 bridgehead atoms. The van der Waals surface area contributed by atoms with Crippen LogP contribution in [0.5, 0.6) is 0 Å². The van der Waals surface area contributed by atoms with Crippen LogP contribution in [-0.4, -0.2) is 43.5 Å². The Hall–Kier alpha value is -2.18. The standard InChI is InChI=1S/C11H13N5O2/c1-7-6-8(17)16-11(12-7)13-9(14-16)10(18)15-4-2-3-5-15/h6H,2-5H2,1H3,(H,12,13,14). The van der Waals surface area contributed by atoms with Crippen LogP contribution in [0.25, 0.3) is 5.78 Å². The van der Waals surface area contributed by atoms with E-state index in [0.717, 1.165) is 25.9 Å². The van der Waals surface area contributed by atoms with Crippen LogP contribution in [0.3, 0.4) is 0 Å². The first-order valence-electron chi connectivity index (χ1n) is 5.91. The summed E-state index contributed by atoms with van der Waals surface area (Å²) >= 11 is 0. The number of hydrogen-bond acceptors (Lipinski definition) is 4. The smallest absolute Gasteiger partial charge is 0.291 e. The van der Waals surface area contributed by atoms with Gasteiger partial charge in [-0.3, -0.25) is 14.7 Å². The number of hydrogen-bond donors (Lipinski definition) is 1. The maximum absolute atomic E-state index is 12.1. The lowest BCUT2D eigenvalue weighted by Crippen LogP contribution is -2.28. The quantitative estimate of drug-likeness (QED) is 0.766. The van der Waals surface area contributed by atoms with Gasteiger partial charge in [0.25, 0.3) is 17.2 Å². The highest BCUT2D eigenvalue weighted by Crippen LogP contribution is 2.10. The molecule has 18 heavy (non-hydrogen) atoms. The summed E-state index contributed by atoms with van der Waals surface area (Å²) in [7, 11) is 0. The normalized spacial score (nSPS) is 15.5. The van der Waals surface area contributed by atoms with E-state index >= 15 is 0 Å². The minimum absolute atomic E-state index is 0.171. The van der Waals surface area contributed by atoms with Gasteiger partial charge < -0.3 is 4.90 Å². The van der Waals surface area contributed by atoms with Gasteiger partial charge in [0.05, 0.1) is 0 Å². The summed E-state index contributed by atoms with van der Waals surface area (Å²) in [6.45, 7) is 3.21. The molecule has 94 valence electrons. The third-order valence-corrected chi connectivity index (χ3v) is 3.05. The lowest BCUT2D eigenvalue weighted by Gasteiger charge is -2.12. The number of H-pyrrole nitrogens is 1. The first-order chi connectivity index (χ1) is 8.65. The van der Waals surface area contributed by atoms with Crippen LogP contribution < -0.4 is 5.56 Å². The second kappa shape index (κ2) is 3.94. The van der Waals surface area contributed by atoms with Crippen molar-refractivity contribution in [3.05, 3.63) is 27.9 Å². The van der Waals surface area contributed by atoms with Crippen LogP contribution in [0, 0.1) is 6.92 Å². The highest BCUT2D eigenvalue weighted by molar-refractivity contribution is 5.91. The van der Waals surface area contributed by atoms with Crippen LogP contribution in [0.2, 0.25) is 0 Å². The molecule has 2 aromatic rings. The van der Waals surface area contributed by atoms with E-state index in [2.05, 4.69) is 15.1 Å². The summed E-state index contributed by atoms with van der Waals surface area (Å²) in [6, 6.07) is 1.40. The van der Waals surface area contributed by atoms with E-state index in [9.17, 15) is 9.59 Å². The predicted molar refractivity (Wildman–Crippen MR) is 63.5 cm³/mol. The summed E-state index contributed by atoms with van der Waals surface area (Å²) in [4.78, 5) is 33.7. The van der Waals surface area contributed by atoms with E-state index in [1.165, 1.54) is 10.6 Å². The molecule has 0 spiro atoms. The number of likely N-dealkylation sites (tertiary alicyclic amines) is 1. The maximum Gasteiger partial charge on any atom is 0.291 e. The molecule has 1 amide bonds. The second-order valence-corrected chi connectivity index (χ2v) is 4.44. The average Bonchev–Trinajstić information content (AvgIpc) is 2.96. The molecule has 7 heteroatoms. The van der Waals surface area contributed by atoms with Crippen LogP contribution in [0.1, 0.15) is 29.2 Å². The molecule has 1 saturated heterocycles. The van der Waals surface area contributed by atoms with E-state index in [0.29, 0.717) is 5.69 Å². The Bertz CT molecular complexity index is 666. The van der Waals surface area contributed by atoms with Crippen molar-refractivity contribution in [3.8, 4) is 0 Å². The maximum atomic E-state index is 12.1. The first kappa shape index (κ1) is 10.9. The fraction of sp³-hybridized carbons (Fsp3) is 0.455. The zero-order valence-corrected chi connectivity index (χ0v) is 10.0. The molecule has 0 saturated carbocycles. The van der Waals surface area contributed by atoms with Gasteiger partial charge in [-0.25, -0.2) is 4.98 Å². The number of nitrogens with zero attached hydrogens (tertiary/aromatic N) is 4. The number of aromatic amines is 1. The molecule has 3 heterocycles. The van der Waals surface area contributed by atoms with E-state index in [-0.39, 0.29) is 23.1 Å². The minimum atomic E-state index is -0.259. The number of fused-ring (bicyclic) bond motifs is 1. The largest absolute Gasteiger partial charge is 0.336 e. The molecule has 0 unspecified atom stereocenters. The number of carbonyl (C=O) groups excluding carboxylic acids is 1. The van der Waals surface area contributed by atoms with Crippen LogP contribution in [0.4, 0.5) is 0 Å². The van der Waals surface area contributed by atoms with Gasteiger partial charge in [0, 0.05) is 24.8 Å². The number of amides is 1. The van der Waals surface area contributed by atoms with Crippen LogP contribution in [-0.2, 0) is 0 Å². The third kappa shape index (κ3) is 1.68. The number of aryl methyl sites for hydroxylation is 1. The number of rotatable bonds is 1. The van der Waals surface area contributed by atoms with Crippen molar-refractivity contribution in [1.82, 2.24) is 24.5 Å². The topological polar surface area (TPSA) is 83.4 Å². The van der Waals surface area contributed by atoms with Crippen molar-refractivity contribution >= 4 is 11.7 Å². The summed E-state index contributed by atoms with van der Waals surface area (Å²) in [5.74, 6) is 0.240. The Morgan fingerprint density at radius 1 is 1.33 bits per heavy atom. The third-order valence-electron chi connectivity index (χ3n) is 3.05. The van der Waals surface area contributed by atoms with Crippen LogP contribution >= 0.6 is 0 Å². The van der Waals surface area contributed by atoms with E-state index in [4.69, 9.17) is 0 Å². The van der Waals surface area contributed by atoms with Gasteiger partial charge in [-0.15, -0.1) is 0 Å². The molecule has 2 aromatic heterocycles. The predicted octanol–water partition coefficient (Wildman–Crippen LogP) is -0.0380. The molecule has 0 aromatic carbocycles. The zero-order chi connectivity index (χ0) is 12.7. The first-order valence-corrected chi connectivity index (χ1v) is 5.91. The summed E-state index contributed by atoms with van der Waals surface area (Å²) in [5.41, 5.74) is 0.331. The summed E-state index contributed by atoms with van der Waals surface area (Å²) in [5, 5.41) is 2.71. The second-order valence-electron chi connectivity index (χ2n) is 4.44. The molecule has 0 aliphatic carbocycles. The van der Waals surface area contributed by atoms with E-state index in [1.54, 1.807) is 11.8 Å². The van der Waals surface area contributed by atoms with Crippen molar-refractivity contribution in [2.45, 2.75) is 19.8 Å². The number of aromatic nitrogens is 4. The number of nitrogens with one attached hydrogen (secondary N) is 1. The van der Waals surface area contributed by atoms with E-state index in [1.807, 2.05) is 0 Å². The number of carbonyl (C=O) groups is 1. The molecule has 1 aliphatic rings. The summed E-state index contributed by atoms with van der Waals surface area (Å²) in [6.07, 6.45) is 2.03. The SMILES string of the molecule is Cc1cc(=O)n2[nH]c(C(=O)N3CCCC3)nc2n1. The van der Waals surface area contributed by atoms with Crippen molar-refractivity contribution < 1.29 is 4.79 Å². The summed E-state index contributed by atoms with van der Waals surface area (Å²) < 4.78 is 1.19. The Morgan fingerprint density at radius 2 is 2.06 bits per heavy atom. The Morgan fingerprint density at radius 3 is 2.78 bits per heavy atom. The molecule has 1 N–H and O–H groups in total. The Labute approximate surface area is 102 Å². The molecule has 1 aliphatic heterocycles. The molecular formula is C11H13N5O2. The molecule has 0 radical (unpaired) electrons. The average molecular weight is 247 g/mol. The molecule has 0 atom stereocenters. The van der Waals surface area contributed by atoms with Gasteiger partial charge >= 0.3 is 0 Å². The Balaban J connectivity index is 2.05. The van der Waals surface area contributed by atoms with Gasteiger partial charge in [0.15, 0.2) is 0 Å². The lowest BCUT2D eigenvalue weighted by atomic mass is 10.4. The zero-order valence-electron chi connectivity index (χ0n) is 10.0. The highest BCUT2D eigenvalue weighted by atomic mass is 16.2. The molecular weight excluding hydrogens is 234 g/mol. The van der Waals surface area contributed by atoms with Crippen molar-refractivity contribution in [2.24, 2.45) is 0 Å². The molecule has 1 fully saturated rings. The Kier molecular flexibility index (Phi) is 2.39. The lowest BCUT2D eigenvalue weighted by molar-refractivity contribution is 0.0781. The van der Waals surface area contributed by atoms with Gasteiger partial charge in [-0.1, -0.05) is 0 Å². The highest BCUT2D eigenvalue weighted by Gasteiger charge is 2.22. The van der Waals surface area contributed by atoms with Crippen LogP contribution in [0.15, 0.2) is 10.9 Å². The van der Waals surface area contributed by atoms with Gasteiger partial charge in [0.2, 0.25) is 5.82 Å². The van der Waals surface area contributed by atoms with Gasteiger partial charge in [0.1, 0.15) is 0 Å². The molecule has 7 nitrogen and oxygen atoms in total. The van der Waals surface area contributed by atoms with Crippen molar-refractivity contribution in [1.29, 1.82) is 0 Å². The van der Waals surface area contributed by atoms with Crippen molar-refractivity contribution in [3.63, 3.8) is 0 Å².